The van der Waals surface area contributed by atoms with Crippen LogP contribution in [0.3, 0.4) is 0 Å². The third kappa shape index (κ3) is 5.25. The van der Waals surface area contributed by atoms with Gasteiger partial charge < -0.3 is 15.0 Å². The van der Waals surface area contributed by atoms with Gasteiger partial charge in [0.1, 0.15) is 0 Å². The van der Waals surface area contributed by atoms with E-state index in [1.807, 2.05) is 0 Å². The Morgan fingerprint density at radius 3 is 2.46 bits per heavy atom. The standard InChI is InChI=1S/C21H27ClN2O4/c1-14(19(25)23-18-6-2-3-7-18)28-21(27)16-5-4-12-24(13-16)20(26)15-8-10-17(22)11-9-15/h8-11,14,16,18H,2-7,12-13H2,1H3,(H,23,25)/t14-,16-/m0/s1. The minimum atomic E-state index is -0.824. The van der Waals surface area contributed by atoms with Gasteiger partial charge in [-0.15, -0.1) is 0 Å². The number of benzene rings is 1. The van der Waals surface area contributed by atoms with Gasteiger partial charge in [-0.25, -0.2) is 0 Å². The van der Waals surface area contributed by atoms with Crippen molar-refractivity contribution in [2.45, 2.75) is 57.6 Å². The monoisotopic (exact) mass is 406 g/mol. The average molecular weight is 407 g/mol. The fourth-order valence-electron chi connectivity index (χ4n) is 3.84. The zero-order valence-corrected chi connectivity index (χ0v) is 16.9. The fraction of sp³-hybridized carbons (Fsp3) is 0.571. The number of hydrogen-bond donors (Lipinski definition) is 1. The van der Waals surface area contributed by atoms with E-state index in [1.165, 1.54) is 0 Å². The predicted octanol–water partition coefficient (Wildman–Crippen LogP) is 3.18. The van der Waals surface area contributed by atoms with Gasteiger partial charge in [-0.1, -0.05) is 24.4 Å². The van der Waals surface area contributed by atoms with Crippen molar-refractivity contribution in [1.29, 1.82) is 0 Å². The number of piperidine rings is 1. The molecule has 2 aliphatic rings. The van der Waals surface area contributed by atoms with Crippen LogP contribution in [0.25, 0.3) is 0 Å². The van der Waals surface area contributed by atoms with Crippen molar-refractivity contribution in [2.24, 2.45) is 5.92 Å². The zero-order valence-electron chi connectivity index (χ0n) is 16.2. The first kappa shape index (κ1) is 20.6. The van der Waals surface area contributed by atoms with E-state index in [0.29, 0.717) is 30.1 Å². The van der Waals surface area contributed by atoms with E-state index in [2.05, 4.69) is 5.32 Å². The highest BCUT2D eigenvalue weighted by molar-refractivity contribution is 6.30. The Morgan fingerprint density at radius 2 is 1.79 bits per heavy atom. The number of amides is 2. The maximum Gasteiger partial charge on any atom is 0.311 e. The van der Waals surface area contributed by atoms with Gasteiger partial charge in [-0.05, 0) is 56.9 Å². The summed E-state index contributed by atoms with van der Waals surface area (Å²) in [7, 11) is 0. The molecule has 1 N–H and O–H groups in total. The maximum atomic E-state index is 12.7. The molecule has 28 heavy (non-hydrogen) atoms. The topological polar surface area (TPSA) is 75.7 Å². The highest BCUT2D eigenvalue weighted by Crippen LogP contribution is 2.22. The normalized spacial score (nSPS) is 21.2. The van der Waals surface area contributed by atoms with E-state index in [1.54, 1.807) is 36.1 Å². The minimum Gasteiger partial charge on any atom is -0.452 e. The molecule has 2 atom stereocenters. The first-order valence-corrected chi connectivity index (χ1v) is 10.4. The van der Waals surface area contributed by atoms with Gasteiger partial charge in [0.2, 0.25) is 0 Å². The number of rotatable bonds is 5. The Kier molecular flexibility index (Phi) is 6.94. The quantitative estimate of drug-likeness (QED) is 0.762. The van der Waals surface area contributed by atoms with Crippen molar-refractivity contribution in [3.8, 4) is 0 Å². The third-order valence-electron chi connectivity index (χ3n) is 5.50. The number of ether oxygens (including phenoxy) is 1. The number of nitrogens with one attached hydrogen (secondary N) is 1. The molecule has 1 saturated heterocycles. The molecule has 1 aliphatic heterocycles. The van der Waals surface area contributed by atoms with Gasteiger partial charge in [-0.3, -0.25) is 14.4 Å². The highest BCUT2D eigenvalue weighted by Gasteiger charge is 2.32. The van der Waals surface area contributed by atoms with Crippen LogP contribution >= 0.6 is 11.6 Å². The summed E-state index contributed by atoms with van der Waals surface area (Å²) in [6.07, 6.45) is 4.77. The molecule has 1 aromatic rings. The van der Waals surface area contributed by atoms with Gasteiger partial charge in [0.05, 0.1) is 5.92 Å². The Bertz CT molecular complexity index is 716. The molecule has 0 radical (unpaired) electrons. The molecule has 2 fully saturated rings. The second-order valence-corrected chi connectivity index (χ2v) is 8.10. The first-order valence-electron chi connectivity index (χ1n) is 9.99. The number of carbonyl (C=O) groups is 3. The third-order valence-corrected chi connectivity index (χ3v) is 5.75. The Balaban J connectivity index is 1.52. The summed E-state index contributed by atoms with van der Waals surface area (Å²) in [6.45, 7) is 2.50. The molecule has 1 saturated carbocycles. The van der Waals surface area contributed by atoms with Gasteiger partial charge in [-0.2, -0.15) is 0 Å². The molecule has 0 unspecified atom stereocenters. The van der Waals surface area contributed by atoms with Crippen LogP contribution in [0.5, 0.6) is 0 Å². The number of carbonyl (C=O) groups excluding carboxylic acids is 3. The van der Waals surface area contributed by atoms with Gasteiger partial charge >= 0.3 is 5.97 Å². The largest absolute Gasteiger partial charge is 0.452 e. The van der Waals surface area contributed by atoms with Crippen LogP contribution in [0.15, 0.2) is 24.3 Å². The lowest BCUT2D eigenvalue weighted by Gasteiger charge is -2.32. The Hall–Kier alpha value is -2.08. The van der Waals surface area contributed by atoms with Crippen molar-refractivity contribution in [3.63, 3.8) is 0 Å². The lowest BCUT2D eigenvalue weighted by molar-refractivity contribution is -0.160. The van der Waals surface area contributed by atoms with Gasteiger partial charge in [0, 0.05) is 29.7 Å². The molecule has 1 heterocycles. The smallest absolute Gasteiger partial charge is 0.311 e. The van der Waals surface area contributed by atoms with Crippen LogP contribution in [0, 0.1) is 5.92 Å². The molecule has 7 heteroatoms. The van der Waals surface area contributed by atoms with Crippen LogP contribution in [-0.4, -0.2) is 47.9 Å². The molecule has 1 aliphatic carbocycles. The van der Waals surface area contributed by atoms with E-state index >= 15 is 0 Å². The lowest BCUT2D eigenvalue weighted by atomic mass is 9.97. The van der Waals surface area contributed by atoms with E-state index in [0.717, 1.165) is 32.1 Å². The van der Waals surface area contributed by atoms with E-state index in [-0.39, 0.29) is 17.9 Å². The molecule has 2 amide bonds. The summed E-state index contributed by atoms with van der Waals surface area (Å²) in [5.41, 5.74) is 0.544. The Labute approximate surface area is 170 Å². The number of hydrogen-bond acceptors (Lipinski definition) is 4. The molecule has 6 nitrogen and oxygen atoms in total. The first-order chi connectivity index (χ1) is 13.4. The van der Waals surface area contributed by atoms with Crippen molar-refractivity contribution >= 4 is 29.4 Å². The predicted molar refractivity (Wildman–Crippen MR) is 106 cm³/mol. The molecule has 0 bridgehead atoms. The van der Waals surface area contributed by atoms with Gasteiger partial charge in [0.15, 0.2) is 6.10 Å². The van der Waals surface area contributed by atoms with E-state index in [9.17, 15) is 14.4 Å². The fourth-order valence-corrected chi connectivity index (χ4v) is 3.97. The van der Waals surface area contributed by atoms with Crippen LogP contribution in [-0.2, 0) is 14.3 Å². The maximum absolute atomic E-state index is 12.7. The van der Waals surface area contributed by atoms with Crippen molar-refractivity contribution in [3.05, 3.63) is 34.9 Å². The molecule has 0 spiro atoms. The van der Waals surface area contributed by atoms with Crippen LogP contribution in [0.1, 0.15) is 55.8 Å². The second kappa shape index (κ2) is 9.41. The molecular weight excluding hydrogens is 380 g/mol. The highest BCUT2D eigenvalue weighted by atomic mass is 35.5. The van der Waals surface area contributed by atoms with Crippen LogP contribution in [0.4, 0.5) is 0 Å². The van der Waals surface area contributed by atoms with E-state index in [4.69, 9.17) is 16.3 Å². The summed E-state index contributed by atoms with van der Waals surface area (Å²) < 4.78 is 5.41. The number of halogens is 1. The Morgan fingerprint density at radius 1 is 1.11 bits per heavy atom. The zero-order chi connectivity index (χ0) is 20.1. The van der Waals surface area contributed by atoms with E-state index < -0.39 is 18.0 Å². The molecule has 152 valence electrons. The number of likely N-dealkylation sites (tertiary alicyclic amines) is 1. The molecule has 3 rings (SSSR count). The van der Waals surface area contributed by atoms with Crippen LogP contribution < -0.4 is 5.32 Å². The van der Waals surface area contributed by atoms with Crippen molar-refractivity contribution < 1.29 is 19.1 Å². The number of nitrogens with zero attached hydrogens (tertiary/aromatic N) is 1. The SMILES string of the molecule is C[C@H](OC(=O)[C@H]1CCCN(C(=O)c2ccc(Cl)cc2)C1)C(=O)NC1CCCC1. The van der Waals surface area contributed by atoms with Gasteiger partial charge in [0.25, 0.3) is 11.8 Å². The average Bonchev–Trinajstić information content (AvgIpc) is 3.21. The summed E-state index contributed by atoms with van der Waals surface area (Å²) in [6, 6.07) is 6.91. The van der Waals surface area contributed by atoms with Crippen molar-refractivity contribution in [1.82, 2.24) is 10.2 Å². The number of esters is 1. The lowest BCUT2D eigenvalue weighted by Crippen LogP contribution is -2.45. The summed E-state index contributed by atoms with van der Waals surface area (Å²) in [5.74, 6) is -1.19. The minimum absolute atomic E-state index is 0.124. The molecule has 1 aromatic carbocycles. The molecular formula is C21H27ClN2O4. The molecule has 0 aromatic heterocycles. The summed E-state index contributed by atoms with van der Waals surface area (Å²) in [5, 5.41) is 3.52. The van der Waals surface area contributed by atoms with Crippen LogP contribution in [0.2, 0.25) is 5.02 Å². The second-order valence-electron chi connectivity index (χ2n) is 7.67. The van der Waals surface area contributed by atoms with Crippen molar-refractivity contribution in [2.75, 3.05) is 13.1 Å². The summed E-state index contributed by atoms with van der Waals surface area (Å²) in [4.78, 5) is 39.1. The summed E-state index contributed by atoms with van der Waals surface area (Å²) >= 11 is 5.88.